The predicted octanol–water partition coefficient (Wildman–Crippen LogP) is 3.34. The molecule has 0 bridgehead atoms. The van der Waals surface area contributed by atoms with Gasteiger partial charge < -0.3 is 15.2 Å². The quantitative estimate of drug-likeness (QED) is 0.490. The number of nitrogens with two attached hydrogens (primary N) is 1. The highest BCUT2D eigenvalue weighted by Gasteiger charge is 2.18. The van der Waals surface area contributed by atoms with E-state index in [4.69, 9.17) is 15.2 Å². The number of aliphatic imine (C=N–C) groups is 1. The number of ether oxygens (including phenoxy) is 2. The molecule has 0 radical (unpaired) electrons. The number of pyridine rings is 2. The number of halogens is 1. The number of benzene rings is 1. The molecule has 0 amide bonds. The van der Waals surface area contributed by atoms with Crippen LogP contribution in [0, 0.1) is 5.82 Å². The van der Waals surface area contributed by atoms with Crippen LogP contribution in [-0.2, 0) is 0 Å². The van der Waals surface area contributed by atoms with E-state index in [-0.39, 0.29) is 5.65 Å². The second-order valence-electron chi connectivity index (χ2n) is 6.69. The number of nitrogens with zero attached hydrogens (tertiary/aromatic N) is 5. The minimum Gasteiger partial charge on any atom is -0.485 e. The van der Waals surface area contributed by atoms with E-state index in [0.29, 0.717) is 41.0 Å². The molecule has 1 aliphatic rings. The molecule has 4 heterocycles. The number of rotatable bonds is 4. The fourth-order valence-corrected chi connectivity index (χ4v) is 4.20. The minimum absolute atomic E-state index is 0.132. The van der Waals surface area contributed by atoms with E-state index in [1.54, 1.807) is 30.1 Å². The zero-order valence-corrected chi connectivity index (χ0v) is 17.3. The lowest BCUT2D eigenvalue weighted by Gasteiger charge is -2.19. The molecule has 0 atom stereocenters. The molecule has 0 saturated heterocycles. The van der Waals surface area contributed by atoms with Crippen molar-refractivity contribution < 1.29 is 13.9 Å². The largest absolute Gasteiger partial charge is 0.485 e. The molecular weight excluding hydrogens is 419 g/mol. The molecule has 0 aliphatic carbocycles. The average molecular weight is 436 g/mol. The van der Waals surface area contributed by atoms with Crippen LogP contribution >= 0.6 is 11.8 Å². The maximum atomic E-state index is 14.6. The molecule has 5 rings (SSSR count). The van der Waals surface area contributed by atoms with E-state index < -0.39 is 5.82 Å². The Bertz CT molecular complexity index is 1370. The number of aromatic nitrogens is 4. The van der Waals surface area contributed by atoms with Gasteiger partial charge in [-0.05, 0) is 36.0 Å². The first-order chi connectivity index (χ1) is 15.2. The summed E-state index contributed by atoms with van der Waals surface area (Å²) in [5.41, 5.74) is 7.77. The van der Waals surface area contributed by atoms with Gasteiger partial charge in [0.25, 0.3) is 0 Å². The lowest BCUT2D eigenvalue weighted by Crippen LogP contribution is -2.15. The van der Waals surface area contributed by atoms with Gasteiger partial charge >= 0.3 is 0 Å². The first kappa shape index (κ1) is 19.3. The highest BCUT2D eigenvalue weighted by Crippen LogP contribution is 2.39. The van der Waals surface area contributed by atoms with Crippen LogP contribution < -0.4 is 15.2 Å². The monoisotopic (exact) mass is 436 g/mol. The molecule has 31 heavy (non-hydrogen) atoms. The van der Waals surface area contributed by atoms with Crippen LogP contribution in [0.25, 0.3) is 22.1 Å². The van der Waals surface area contributed by atoms with Crippen molar-refractivity contribution in [2.75, 3.05) is 20.3 Å². The highest BCUT2D eigenvalue weighted by molar-refractivity contribution is 7.99. The van der Waals surface area contributed by atoms with Gasteiger partial charge in [-0.2, -0.15) is 0 Å². The van der Waals surface area contributed by atoms with Crippen molar-refractivity contribution >= 4 is 40.1 Å². The Kier molecular flexibility index (Phi) is 4.91. The van der Waals surface area contributed by atoms with Gasteiger partial charge in [0.1, 0.15) is 13.2 Å². The van der Waals surface area contributed by atoms with Crippen molar-refractivity contribution in [2.45, 2.75) is 10.1 Å². The molecular formula is C21H17FN6O2S. The molecule has 1 aliphatic heterocycles. The van der Waals surface area contributed by atoms with Crippen molar-refractivity contribution in [1.82, 2.24) is 19.6 Å². The van der Waals surface area contributed by atoms with Crippen LogP contribution in [0.15, 0.2) is 57.9 Å². The van der Waals surface area contributed by atoms with E-state index >= 15 is 0 Å². The van der Waals surface area contributed by atoms with Crippen molar-refractivity contribution in [3.8, 4) is 11.5 Å². The van der Waals surface area contributed by atoms with Crippen molar-refractivity contribution in [3.05, 3.63) is 54.2 Å². The van der Waals surface area contributed by atoms with E-state index in [1.165, 1.54) is 24.0 Å². The fraction of sp³-hybridized carbons (Fsp3) is 0.143. The molecule has 3 aromatic heterocycles. The topological polar surface area (TPSA) is 99.9 Å². The first-order valence-corrected chi connectivity index (χ1v) is 10.2. The van der Waals surface area contributed by atoms with Gasteiger partial charge in [-0.1, -0.05) is 0 Å². The molecule has 0 fully saturated rings. The molecule has 10 heteroatoms. The van der Waals surface area contributed by atoms with Gasteiger partial charge in [-0.25, -0.2) is 4.39 Å². The Labute approximate surface area is 180 Å². The molecule has 156 valence electrons. The van der Waals surface area contributed by atoms with Crippen LogP contribution in [-0.4, -0.2) is 46.1 Å². The standard InChI is InChI=1S/C21H17FN6O2S/c1-24-9-13(8-23)12-6-16(22)20-26-27-21(28(20)11-12)31-14-2-3-17-15(7-14)19-18(10-25-17)29-4-5-30-19/h2-3,6-11H,4-5,23H2,1H3. The zero-order valence-electron chi connectivity index (χ0n) is 16.4. The van der Waals surface area contributed by atoms with E-state index in [0.717, 1.165) is 15.8 Å². The Morgan fingerprint density at radius 1 is 1.26 bits per heavy atom. The van der Waals surface area contributed by atoms with Gasteiger partial charge in [-0.3, -0.25) is 14.4 Å². The van der Waals surface area contributed by atoms with E-state index in [2.05, 4.69) is 20.2 Å². The van der Waals surface area contributed by atoms with Crippen molar-refractivity contribution in [1.29, 1.82) is 0 Å². The molecule has 1 aromatic carbocycles. The van der Waals surface area contributed by atoms with Crippen molar-refractivity contribution in [2.24, 2.45) is 10.7 Å². The Balaban J connectivity index is 1.57. The summed E-state index contributed by atoms with van der Waals surface area (Å²) in [5, 5.41) is 9.52. The Morgan fingerprint density at radius 2 is 2.13 bits per heavy atom. The van der Waals surface area contributed by atoms with Gasteiger partial charge in [0, 0.05) is 47.1 Å². The average Bonchev–Trinajstić information content (AvgIpc) is 3.20. The van der Waals surface area contributed by atoms with Gasteiger partial charge in [-0.15, -0.1) is 10.2 Å². The third-order valence-electron chi connectivity index (χ3n) is 4.76. The number of allylic oxidation sites excluding steroid dienone is 1. The lowest BCUT2D eigenvalue weighted by molar-refractivity contribution is 0.173. The molecule has 4 aromatic rings. The summed E-state index contributed by atoms with van der Waals surface area (Å²) in [4.78, 5) is 9.27. The summed E-state index contributed by atoms with van der Waals surface area (Å²) in [6.45, 7) is 0.981. The highest BCUT2D eigenvalue weighted by atomic mass is 32.2. The van der Waals surface area contributed by atoms with Crippen LogP contribution in [0.2, 0.25) is 0 Å². The van der Waals surface area contributed by atoms with Crippen LogP contribution in [0.3, 0.4) is 0 Å². The molecule has 0 spiro atoms. The van der Waals surface area contributed by atoms with Gasteiger partial charge in [0.2, 0.25) is 5.16 Å². The smallest absolute Gasteiger partial charge is 0.200 e. The molecule has 8 nitrogen and oxygen atoms in total. The minimum atomic E-state index is -0.497. The summed E-state index contributed by atoms with van der Waals surface area (Å²) < 4.78 is 27.7. The predicted molar refractivity (Wildman–Crippen MR) is 116 cm³/mol. The SMILES string of the molecule is CN=CC(=CN)c1cc(F)c2nnc(Sc3ccc4ncc5c(c4c3)OCCO5)n2c1. The zero-order chi connectivity index (χ0) is 21.4. The summed E-state index contributed by atoms with van der Waals surface area (Å²) in [5.74, 6) is 0.803. The summed E-state index contributed by atoms with van der Waals surface area (Å²) in [6.07, 6.45) is 6.36. The van der Waals surface area contributed by atoms with E-state index in [1.807, 2.05) is 18.2 Å². The second-order valence-corrected chi connectivity index (χ2v) is 7.73. The number of hydrogen-bond donors (Lipinski definition) is 1. The first-order valence-electron chi connectivity index (χ1n) is 9.43. The third-order valence-corrected chi connectivity index (χ3v) is 5.71. The Morgan fingerprint density at radius 3 is 2.97 bits per heavy atom. The second kappa shape index (κ2) is 7.88. The molecule has 2 N–H and O–H groups in total. The molecule has 0 saturated carbocycles. The maximum Gasteiger partial charge on any atom is 0.200 e. The van der Waals surface area contributed by atoms with Crippen LogP contribution in [0.1, 0.15) is 5.56 Å². The van der Waals surface area contributed by atoms with Gasteiger partial charge in [0.15, 0.2) is 23.0 Å². The fourth-order valence-electron chi connectivity index (χ4n) is 3.36. The Hall–Kier alpha value is -3.66. The van der Waals surface area contributed by atoms with Crippen LogP contribution in [0.5, 0.6) is 11.5 Å². The van der Waals surface area contributed by atoms with Gasteiger partial charge in [0.05, 0.1) is 11.7 Å². The number of hydrogen-bond acceptors (Lipinski definition) is 8. The summed E-state index contributed by atoms with van der Waals surface area (Å²) >= 11 is 1.35. The maximum absolute atomic E-state index is 14.6. The lowest BCUT2D eigenvalue weighted by atomic mass is 10.1. The van der Waals surface area contributed by atoms with E-state index in [9.17, 15) is 4.39 Å². The van der Waals surface area contributed by atoms with Crippen molar-refractivity contribution in [3.63, 3.8) is 0 Å². The molecule has 0 unspecified atom stereocenters. The summed E-state index contributed by atoms with van der Waals surface area (Å²) in [6, 6.07) is 7.14. The normalized spacial score (nSPS) is 14.1. The third kappa shape index (κ3) is 3.44. The number of fused-ring (bicyclic) bond motifs is 4. The van der Waals surface area contributed by atoms with Crippen LogP contribution in [0.4, 0.5) is 4.39 Å². The summed E-state index contributed by atoms with van der Waals surface area (Å²) in [7, 11) is 1.63.